The van der Waals surface area contributed by atoms with E-state index in [1.807, 2.05) is 42.6 Å². The molecule has 10 nitrogen and oxygen atoms in total. The van der Waals surface area contributed by atoms with E-state index in [0.717, 1.165) is 52.4 Å². The average molecular weight is 535 g/mol. The standard InChI is InChI=1S/C27H30N6O4S/c1-32(13-18-14-33(27(35)37-18)17-3-5-22-21(11-17)30-23(34)15-38-22)26(16-7-9-28-12-16)19-8-10-29-20-4-6-24(36-2)31-25(19)20/h3-6,8,10-11,16,18,26,28H,7,9,12-15H2,1-2H3,(H,30,34). The number of carbonyl (C=O) groups excluding carboxylic acids is 2. The van der Waals surface area contributed by atoms with Crippen molar-refractivity contribution in [3.63, 3.8) is 0 Å². The molecule has 2 aromatic heterocycles. The normalized spacial score (nSPS) is 21.9. The summed E-state index contributed by atoms with van der Waals surface area (Å²) in [6.07, 6.45) is 2.19. The molecule has 3 atom stereocenters. The van der Waals surface area contributed by atoms with Crippen LogP contribution in [-0.4, -0.2) is 79.1 Å². The third-order valence-electron chi connectivity index (χ3n) is 7.41. The number of pyridine rings is 2. The van der Waals surface area contributed by atoms with E-state index < -0.39 is 0 Å². The number of nitrogens with one attached hydrogen (secondary N) is 2. The van der Waals surface area contributed by atoms with Crippen molar-refractivity contribution in [2.75, 3.05) is 56.3 Å². The number of ether oxygens (including phenoxy) is 2. The first kappa shape index (κ1) is 24.9. The number of hydrogen-bond donors (Lipinski definition) is 2. The van der Waals surface area contributed by atoms with Gasteiger partial charge in [-0.3, -0.25) is 19.6 Å². The van der Waals surface area contributed by atoms with Crippen LogP contribution in [0.4, 0.5) is 16.2 Å². The van der Waals surface area contributed by atoms with Crippen molar-refractivity contribution < 1.29 is 19.1 Å². The first-order valence-electron chi connectivity index (χ1n) is 12.8. The number of amides is 2. The molecule has 0 aliphatic carbocycles. The van der Waals surface area contributed by atoms with Crippen LogP contribution in [0.3, 0.4) is 0 Å². The van der Waals surface area contributed by atoms with Crippen molar-refractivity contribution in [2.45, 2.75) is 23.5 Å². The fraction of sp³-hybridized carbons (Fsp3) is 0.407. The highest BCUT2D eigenvalue weighted by molar-refractivity contribution is 8.00. The monoisotopic (exact) mass is 534 g/mol. The molecule has 0 spiro atoms. The Morgan fingerprint density at radius 3 is 2.97 bits per heavy atom. The van der Waals surface area contributed by atoms with Crippen LogP contribution >= 0.6 is 11.8 Å². The van der Waals surface area contributed by atoms with Gasteiger partial charge >= 0.3 is 6.09 Å². The zero-order valence-corrected chi connectivity index (χ0v) is 22.2. The predicted molar refractivity (Wildman–Crippen MR) is 146 cm³/mol. The van der Waals surface area contributed by atoms with Crippen LogP contribution in [0.1, 0.15) is 18.0 Å². The Hall–Kier alpha value is -3.41. The first-order chi connectivity index (χ1) is 18.5. The highest BCUT2D eigenvalue weighted by Crippen LogP contribution is 2.38. The molecule has 6 rings (SSSR count). The number of fused-ring (bicyclic) bond motifs is 2. The highest BCUT2D eigenvalue weighted by atomic mass is 32.2. The van der Waals surface area contributed by atoms with Crippen LogP contribution in [0.5, 0.6) is 5.88 Å². The number of anilines is 2. The van der Waals surface area contributed by atoms with Gasteiger partial charge in [0.2, 0.25) is 11.8 Å². The third-order valence-corrected chi connectivity index (χ3v) is 8.48. The summed E-state index contributed by atoms with van der Waals surface area (Å²) in [6, 6.07) is 11.6. The summed E-state index contributed by atoms with van der Waals surface area (Å²) in [5.74, 6) is 1.29. The second-order valence-electron chi connectivity index (χ2n) is 9.89. The third kappa shape index (κ3) is 4.77. The van der Waals surface area contributed by atoms with Crippen molar-refractivity contribution in [3.05, 3.63) is 48.2 Å². The molecule has 5 heterocycles. The molecule has 1 aromatic carbocycles. The fourth-order valence-electron chi connectivity index (χ4n) is 5.68. The number of methoxy groups -OCH3 is 1. The minimum absolute atomic E-state index is 0.0358. The van der Waals surface area contributed by atoms with E-state index in [1.54, 1.807) is 12.0 Å². The van der Waals surface area contributed by atoms with E-state index in [9.17, 15) is 9.59 Å². The summed E-state index contributed by atoms with van der Waals surface area (Å²) in [5.41, 5.74) is 4.20. The molecule has 3 aliphatic heterocycles. The zero-order valence-electron chi connectivity index (χ0n) is 21.3. The Balaban J connectivity index is 1.24. The maximum Gasteiger partial charge on any atom is 0.414 e. The van der Waals surface area contributed by atoms with Crippen molar-refractivity contribution >= 4 is 46.2 Å². The summed E-state index contributed by atoms with van der Waals surface area (Å²) in [7, 11) is 3.70. The van der Waals surface area contributed by atoms with Gasteiger partial charge in [-0.2, -0.15) is 0 Å². The Labute approximate surface area is 225 Å². The summed E-state index contributed by atoms with van der Waals surface area (Å²) >= 11 is 1.50. The molecule has 2 saturated heterocycles. The molecule has 0 radical (unpaired) electrons. The van der Waals surface area contributed by atoms with Gasteiger partial charge in [0.1, 0.15) is 6.10 Å². The predicted octanol–water partition coefficient (Wildman–Crippen LogP) is 3.29. The molecule has 3 unspecified atom stereocenters. The van der Waals surface area contributed by atoms with Gasteiger partial charge in [-0.25, -0.2) is 9.78 Å². The average Bonchev–Trinajstić information content (AvgIpc) is 3.58. The van der Waals surface area contributed by atoms with E-state index in [1.165, 1.54) is 11.8 Å². The van der Waals surface area contributed by atoms with Crippen LogP contribution in [0.15, 0.2) is 47.5 Å². The molecular weight excluding hydrogens is 504 g/mol. The summed E-state index contributed by atoms with van der Waals surface area (Å²) < 4.78 is 11.2. The maximum absolute atomic E-state index is 12.9. The van der Waals surface area contributed by atoms with Crippen LogP contribution < -0.4 is 20.3 Å². The molecular formula is C27H30N6O4S. The smallest absolute Gasteiger partial charge is 0.414 e. The number of likely N-dealkylation sites (N-methyl/N-ethyl adjacent to an activating group) is 1. The lowest BCUT2D eigenvalue weighted by molar-refractivity contribution is -0.113. The summed E-state index contributed by atoms with van der Waals surface area (Å²) in [6.45, 7) is 2.86. The van der Waals surface area contributed by atoms with Crippen LogP contribution in [0, 0.1) is 5.92 Å². The van der Waals surface area contributed by atoms with Gasteiger partial charge in [-0.15, -0.1) is 11.8 Å². The second-order valence-corrected chi connectivity index (χ2v) is 10.9. The molecule has 2 fully saturated rings. The number of cyclic esters (lactones) is 1. The van der Waals surface area contributed by atoms with Crippen LogP contribution in [0.25, 0.3) is 11.0 Å². The Morgan fingerprint density at radius 2 is 2.16 bits per heavy atom. The number of benzene rings is 1. The van der Waals surface area contributed by atoms with Gasteiger partial charge in [-0.05, 0) is 68.4 Å². The molecule has 0 bridgehead atoms. The van der Waals surface area contributed by atoms with Gasteiger partial charge in [0, 0.05) is 35.4 Å². The van der Waals surface area contributed by atoms with Gasteiger partial charge in [0.15, 0.2) is 0 Å². The van der Waals surface area contributed by atoms with E-state index in [-0.39, 0.29) is 24.1 Å². The fourth-order valence-corrected chi connectivity index (χ4v) is 6.47. The quantitative estimate of drug-likeness (QED) is 0.472. The number of rotatable bonds is 7. The summed E-state index contributed by atoms with van der Waals surface area (Å²) in [5, 5.41) is 6.39. The van der Waals surface area contributed by atoms with E-state index in [4.69, 9.17) is 14.5 Å². The lowest BCUT2D eigenvalue weighted by Crippen LogP contribution is -2.38. The van der Waals surface area contributed by atoms with Crippen molar-refractivity contribution in [3.8, 4) is 5.88 Å². The molecule has 3 aliphatic rings. The molecule has 11 heteroatoms. The van der Waals surface area contributed by atoms with Gasteiger partial charge in [0.25, 0.3) is 0 Å². The van der Waals surface area contributed by atoms with E-state index in [0.29, 0.717) is 30.6 Å². The molecule has 3 aromatic rings. The highest BCUT2D eigenvalue weighted by Gasteiger charge is 2.37. The molecule has 198 valence electrons. The SMILES string of the molecule is COc1ccc2nccc(C(C3CCNC3)N(C)CC3CN(c4ccc5c(c4)NC(=O)CS5)C(=O)O3)c2n1. The number of carbonyl (C=O) groups is 2. The van der Waals surface area contributed by atoms with E-state index >= 15 is 0 Å². The lowest BCUT2D eigenvalue weighted by Gasteiger charge is -2.34. The largest absolute Gasteiger partial charge is 0.481 e. The van der Waals surface area contributed by atoms with Crippen molar-refractivity contribution in [2.24, 2.45) is 5.92 Å². The van der Waals surface area contributed by atoms with Gasteiger partial charge in [0.05, 0.1) is 36.1 Å². The molecule has 0 saturated carbocycles. The van der Waals surface area contributed by atoms with Crippen molar-refractivity contribution in [1.82, 2.24) is 20.2 Å². The Morgan fingerprint density at radius 1 is 1.26 bits per heavy atom. The molecule has 2 amide bonds. The van der Waals surface area contributed by atoms with E-state index in [2.05, 4.69) is 27.6 Å². The number of nitrogens with zero attached hydrogens (tertiary/aromatic N) is 4. The van der Waals surface area contributed by atoms with Gasteiger partial charge < -0.3 is 20.1 Å². The topological polar surface area (TPSA) is 109 Å². The lowest BCUT2D eigenvalue weighted by atomic mass is 9.90. The number of hydrogen-bond acceptors (Lipinski definition) is 9. The minimum atomic E-state index is -0.377. The Bertz CT molecular complexity index is 1380. The summed E-state index contributed by atoms with van der Waals surface area (Å²) in [4.78, 5) is 38.9. The first-order valence-corrected chi connectivity index (χ1v) is 13.7. The van der Waals surface area contributed by atoms with Crippen molar-refractivity contribution in [1.29, 1.82) is 0 Å². The second kappa shape index (κ2) is 10.4. The molecule has 38 heavy (non-hydrogen) atoms. The number of aromatic nitrogens is 2. The van der Waals surface area contributed by atoms with Crippen LogP contribution in [-0.2, 0) is 9.53 Å². The molecule has 2 N–H and O–H groups in total. The Kier molecular flexibility index (Phi) is 6.81. The number of thioether (sulfide) groups is 1. The van der Waals surface area contributed by atoms with Gasteiger partial charge in [-0.1, -0.05) is 0 Å². The zero-order chi connectivity index (χ0) is 26.2. The minimum Gasteiger partial charge on any atom is -0.481 e. The van der Waals surface area contributed by atoms with Crippen LogP contribution in [0.2, 0.25) is 0 Å². The maximum atomic E-state index is 12.9.